The molecule has 10 heteroatoms. The van der Waals surface area contributed by atoms with Crippen molar-refractivity contribution in [1.82, 2.24) is 5.32 Å². The van der Waals surface area contributed by atoms with Crippen molar-refractivity contribution in [3.8, 4) is 17.2 Å². The number of hydrogen-bond donors (Lipinski definition) is 2. The van der Waals surface area contributed by atoms with Gasteiger partial charge in [0.25, 0.3) is 5.91 Å². The van der Waals surface area contributed by atoms with Gasteiger partial charge in [-0.05, 0) is 44.7 Å². The smallest absolute Gasteiger partial charge is 0.407 e. The molecule has 30 heavy (non-hydrogen) atoms. The van der Waals surface area contributed by atoms with E-state index in [4.69, 9.17) is 29.4 Å². The maximum Gasteiger partial charge on any atom is 0.407 e. The summed E-state index contributed by atoms with van der Waals surface area (Å²) in [4.78, 5) is 35.1. The van der Waals surface area contributed by atoms with E-state index in [2.05, 4.69) is 5.32 Å². The predicted molar refractivity (Wildman–Crippen MR) is 106 cm³/mol. The second-order valence-electron chi connectivity index (χ2n) is 6.71. The third-order valence-corrected chi connectivity index (χ3v) is 4.60. The van der Waals surface area contributed by atoms with Gasteiger partial charge in [-0.15, -0.1) is 0 Å². The Morgan fingerprint density at radius 3 is 2.17 bits per heavy atom. The Labute approximate surface area is 174 Å². The normalized spacial score (nSPS) is 18.1. The van der Waals surface area contributed by atoms with Crippen LogP contribution >= 0.6 is 0 Å². The SMILES string of the molecule is CCOC(=O)NC1CCC(OC(=O)c2cc(OC)c(OCC(N)=O)c(OC)c2)CC1. The number of carbonyl (C=O) groups is 3. The van der Waals surface area contributed by atoms with Crippen LogP contribution in [-0.4, -0.2) is 57.5 Å². The topological polar surface area (TPSA) is 135 Å². The van der Waals surface area contributed by atoms with Gasteiger partial charge in [0.1, 0.15) is 6.10 Å². The van der Waals surface area contributed by atoms with E-state index in [1.54, 1.807) is 6.92 Å². The lowest BCUT2D eigenvalue weighted by Crippen LogP contribution is -2.39. The van der Waals surface area contributed by atoms with Crippen LogP contribution in [0, 0.1) is 0 Å². The monoisotopic (exact) mass is 424 g/mol. The summed E-state index contributed by atoms with van der Waals surface area (Å²) in [6.45, 7) is 1.70. The van der Waals surface area contributed by atoms with Gasteiger partial charge in [0.15, 0.2) is 18.1 Å². The number of hydrogen-bond acceptors (Lipinski definition) is 8. The summed E-state index contributed by atoms with van der Waals surface area (Å²) < 4.78 is 26.3. The van der Waals surface area contributed by atoms with Crippen molar-refractivity contribution in [2.75, 3.05) is 27.4 Å². The van der Waals surface area contributed by atoms with Crippen molar-refractivity contribution >= 4 is 18.0 Å². The molecule has 0 spiro atoms. The first-order valence-electron chi connectivity index (χ1n) is 9.69. The van der Waals surface area contributed by atoms with Gasteiger partial charge >= 0.3 is 12.1 Å². The highest BCUT2D eigenvalue weighted by atomic mass is 16.6. The Hall–Kier alpha value is -3.17. The predicted octanol–water partition coefficient (Wildman–Crippen LogP) is 1.78. The Balaban J connectivity index is 2.00. The molecule has 1 aliphatic rings. The highest BCUT2D eigenvalue weighted by Gasteiger charge is 2.27. The van der Waals surface area contributed by atoms with Gasteiger partial charge in [0.05, 0.1) is 26.4 Å². The standard InChI is InChI=1S/C20H28N2O8/c1-4-28-20(25)22-13-5-7-14(8-6-13)30-19(24)12-9-15(26-2)18(16(10-12)27-3)29-11-17(21)23/h9-10,13-14H,4-8,11H2,1-3H3,(H2,21,23)(H,22,25). The lowest BCUT2D eigenvalue weighted by atomic mass is 9.93. The largest absolute Gasteiger partial charge is 0.493 e. The molecule has 1 aromatic carbocycles. The fourth-order valence-electron chi connectivity index (χ4n) is 3.17. The second-order valence-corrected chi connectivity index (χ2v) is 6.71. The maximum atomic E-state index is 12.6. The van der Waals surface area contributed by atoms with E-state index in [1.807, 2.05) is 0 Å². The molecule has 0 aliphatic heterocycles. The average Bonchev–Trinajstić information content (AvgIpc) is 2.73. The van der Waals surface area contributed by atoms with Crippen LogP contribution in [0.4, 0.5) is 4.79 Å². The van der Waals surface area contributed by atoms with Crippen LogP contribution in [0.1, 0.15) is 43.0 Å². The third-order valence-electron chi connectivity index (χ3n) is 4.60. The zero-order valence-electron chi connectivity index (χ0n) is 17.4. The number of benzene rings is 1. The fourth-order valence-corrected chi connectivity index (χ4v) is 3.17. The molecule has 0 unspecified atom stereocenters. The number of carbonyl (C=O) groups excluding carboxylic acids is 3. The Bertz CT molecular complexity index is 734. The first-order chi connectivity index (χ1) is 14.4. The van der Waals surface area contributed by atoms with Gasteiger partial charge in [-0.25, -0.2) is 9.59 Å². The van der Waals surface area contributed by atoms with Crippen molar-refractivity contribution in [2.24, 2.45) is 5.73 Å². The summed E-state index contributed by atoms with van der Waals surface area (Å²) in [5.74, 6) is -0.596. The fraction of sp³-hybridized carbons (Fsp3) is 0.550. The van der Waals surface area contributed by atoms with Crippen LogP contribution < -0.4 is 25.3 Å². The van der Waals surface area contributed by atoms with E-state index in [-0.39, 0.29) is 41.6 Å². The van der Waals surface area contributed by atoms with Crippen LogP contribution in [0.5, 0.6) is 17.2 Å². The summed E-state index contributed by atoms with van der Waals surface area (Å²) >= 11 is 0. The van der Waals surface area contributed by atoms with E-state index in [0.717, 1.165) is 0 Å². The lowest BCUT2D eigenvalue weighted by molar-refractivity contribution is -0.120. The molecular weight excluding hydrogens is 396 g/mol. The Morgan fingerprint density at radius 2 is 1.67 bits per heavy atom. The van der Waals surface area contributed by atoms with Gasteiger partial charge in [0, 0.05) is 6.04 Å². The molecule has 1 aromatic rings. The summed E-state index contributed by atoms with van der Waals surface area (Å²) in [6, 6.07) is 2.91. The van der Waals surface area contributed by atoms with Crippen LogP contribution in [0.25, 0.3) is 0 Å². The summed E-state index contributed by atoms with van der Waals surface area (Å²) in [6.07, 6.45) is 1.91. The van der Waals surface area contributed by atoms with Crippen molar-refractivity contribution in [1.29, 1.82) is 0 Å². The maximum absolute atomic E-state index is 12.6. The van der Waals surface area contributed by atoms with Crippen LogP contribution in [-0.2, 0) is 14.3 Å². The van der Waals surface area contributed by atoms with Crippen molar-refractivity contribution in [3.05, 3.63) is 17.7 Å². The van der Waals surface area contributed by atoms with Crippen molar-refractivity contribution in [3.63, 3.8) is 0 Å². The number of nitrogens with one attached hydrogen (secondary N) is 1. The highest BCUT2D eigenvalue weighted by Crippen LogP contribution is 2.39. The minimum atomic E-state index is -0.657. The zero-order chi connectivity index (χ0) is 22.1. The molecule has 0 heterocycles. The van der Waals surface area contributed by atoms with Crippen LogP contribution in [0.15, 0.2) is 12.1 Å². The molecule has 0 radical (unpaired) electrons. The molecule has 10 nitrogen and oxygen atoms in total. The summed E-state index contributed by atoms with van der Waals surface area (Å²) in [7, 11) is 2.80. The van der Waals surface area contributed by atoms with Gasteiger partial charge in [-0.3, -0.25) is 4.79 Å². The number of esters is 1. The highest BCUT2D eigenvalue weighted by molar-refractivity contribution is 5.91. The summed E-state index contributed by atoms with van der Waals surface area (Å²) in [5, 5.41) is 2.80. The average molecular weight is 424 g/mol. The molecule has 1 saturated carbocycles. The molecule has 3 N–H and O–H groups in total. The molecule has 2 rings (SSSR count). The molecule has 2 amide bonds. The van der Waals surface area contributed by atoms with Gasteiger partial charge in [-0.2, -0.15) is 0 Å². The summed E-state index contributed by atoms with van der Waals surface area (Å²) in [5.41, 5.74) is 5.33. The molecular formula is C20H28N2O8. The van der Waals surface area contributed by atoms with E-state index in [9.17, 15) is 14.4 Å². The Kier molecular flexibility index (Phi) is 8.57. The molecule has 1 fully saturated rings. The quantitative estimate of drug-likeness (QED) is 0.573. The number of methoxy groups -OCH3 is 2. The second kappa shape index (κ2) is 11.1. The van der Waals surface area contributed by atoms with Gasteiger partial charge < -0.3 is 34.7 Å². The molecule has 0 bridgehead atoms. The first-order valence-corrected chi connectivity index (χ1v) is 9.69. The number of amides is 2. The minimum absolute atomic E-state index is 0.000813. The number of ether oxygens (including phenoxy) is 5. The molecule has 0 saturated heterocycles. The minimum Gasteiger partial charge on any atom is -0.493 e. The molecule has 0 aromatic heterocycles. The zero-order valence-corrected chi connectivity index (χ0v) is 17.4. The van der Waals surface area contributed by atoms with E-state index in [0.29, 0.717) is 32.3 Å². The van der Waals surface area contributed by atoms with Crippen molar-refractivity contribution in [2.45, 2.75) is 44.8 Å². The number of primary amides is 1. The number of nitrogens with two attached hydrogens (primary N) is 1. The molecule has 1 aliphatic carbocycles. The molecule has 166 valence electrons. The first kappa shape index (κ1) is 23.1. The Morgan fingerprint density at radius 1 is 1.07 bits per heavy atom. The van der Waals surface area contributed by atoms with Crippen LogP contribution in [0.3, 0.4) is 0 Å². The van der Waals surface area contributed by atoms with E-state index >= 15 is 0 Å². The van der Waals surface area contributed by atoms with E-state index < -0.39 is 18.0 Å². The number of rotatable bonds is 9. The van der Waals surface area contributed by atoms with Gasteiger partial charge in [0.2, 0.25) is 5.75 Å². The van der Waals surface area contributed by atoms with Crippen LogP contribution in [0.2, 0.25) is 0 Å². The van der Waals surface area contributed by atoms with E-state index in [1.165, 1.54) is 26.4 Å². The number of alkyl carbamates (subject to hydrolysis) is 1. The van der Waals surface area contributed by atoms with Gasteiger partial charge in [-0.1, -0.05) is 0 Å². The molecule has 0 atom stereocenters. The third kappa shape index (κ3) is 6.43. The lowest BCUT2D eigenvalue weighted by Gasteiger charge is -2.28. The van der Waals surface area contributed by atoms with Crippen molar-refractivity contribution < 1.29 is 38.1 Å².